The van der Waals surface area contributed by atoms with Crippen LogP contribution >= 0.6 is 33.9 Å². The van der Waals surface area contributed by atoms with E-state index in [1.807, 2.05) is 22.6 Å². The largest absolute Gasteiger partial charge is 0.477 e. The van der Waals surface area contributed by atoms with Crippen molar-refractivity contribution in [2.24, 2.45) is 0 Å². The molecule has 0 atom stereocenters. The maximum absolute atomic E-state index is 10.4. The molecule has 0 aliphatic carbocycles. The van der Waals surface area contributed by atoms with E-state index in [0.29, 0.717) is 10.6 Å². The van der Waals surface area contributed by atoms with Gasteiger partial charge < -0.3 is 5.11 Å². The lowest BCUT2D eigenvalue weighted by Gasteiger charge is -1.84. The second kappa shape index (κ2) is 2.83. The third-order valence-corrected chi connectivity index (χ3v) is 2.80. The Hall–Kier alpha value is -0.170. The Balaban J connectivity index is 3.15. The van der Waals surface area contributed by atoms with E-state index in [-0.39, 0.29) is 0 Å². The fourth-order valence-corrected chi connectivity index (χ4v) is 2.22. The van der Waals surface area contributed by atoms with Crippen LogP contribution in [0.5, 0.6) is 0 Å². The molecule has 1 aromatic rings. The molecule has 1 N–H and O–H groups in total. The minimum atomic E-state index is -0.891. The van der Waals surface area contributed by atoms with Gasteiger partial charge in [0, 0.05) is 0 Å². The van der Waals surface area contributed by atoms with Crippen molar-refractivity contribution >= 4 is 39.9 Å². The van der Waals surface area contributed by atoms with Gasteiger partial charge in [-0.25, -0.2) is 9.78 Å². The van der Waals surface area contributed by atoms with Gasteiger partial charge >= 0.3 is 5.97 Å². The van der Waals surface area contributed by atoms with Gasteiger partial charge in [0.15, 0.2) is 3.01 Å². The van der Waals surface area contributed by atoms with Crippen LogP contribution in [0.2, 0.25) is 0 Å². The molecule has 0 aromatic carbocycles. The zero-order chi connectivity index (χ0) is 7.72. The molecule has 0 radical (unpaired) electrons. The van der Waals surface area contributed by atoms with Crippen molar-refractivity contribution in [2.75, 3.05) is 0 Å². The minimum absolute atomic E-state index is 0.337. The highest BCUT2D eigenvalue weighted by Gasteiger charge is 2.11. The third kappa shape index (κ3) is 1.46. The van der Waals surface area contributed by atoms with Crippen LogP contribution in [0.15, 0.2) is 0 Å². The first-order valence-corrected chi connectivity index (χ1v) is 4.37. The summed E-state index contributed by atoms with van der Waals surface area (Å²) in [5, 5.41) is 8.55. The number of carboxylic acids is 1. The summed E-state index contributed by atoms with van der Waals surface area (Å²) in [6.45, 7) is 1.70. The van der Waals surface area contributed by atoms with Gasteiger partial charge in [0.25, 0.3) is 0 Å². The Morgan fingerprint density at radius 1 is 1.80 bits per heavy atom. The van der Waals surface area contributed by atoms with E-state index in [1.54, 1.807) is 6.92 Å². The molecular weight excluding hydrogens is 265 g/mol. The van der Waals surface area contributed by atoms with E-state index in [2.05, 4.69) is 4.98 Å². The molecule has 0 saturated carbocycles. The molecule has 0 amide bonds. The van der Waals surface area contributed by atoms with Gasteiger partial charge in [-0.1, -0.05) is 0 Å². The molecule has 0 bridgehead atoms. The Labute approximate surface area is 75.2 Å². The second-order valence-electron chi connectivity index (χ2n) is 1.69. The second-order valence-corrected chi connectivity index (χ2v) is 4.44. The van der Waals surface area contributed by atoms with Crippen LogP contribution in [0.3, 0.4) is 0 Å². The number of aromatic nitrogens is 1. The van der Waals surface area contributed by atoms with E-state index in [1.165, 1.54) is 11.3 Å². The van der Waals surface area contributed by atoms with Gasteiger partial charge in [-0.15, -0.1) is 11.3 Å². The predicted octanol–water partition coefficient (Wildman–Crippen LogP) is 1.75. The minimum Gasteiger partial charge on any atom is -0.477 e. The maximum atomic E-state index is 10.4. The first-order chi connectivity index (χ1) is 4.61. The molecule has 1 aromatic heterocycles. The van der Waals surface area contributed by atoms with Crippen LogP contribution in [0.1, 0.15) is 15.4 Å². The number of aryl methyl sites for hydroxylation is 1. The molecule has 54 valence electrons. The van der Waals surface area contributed by atoms with Gasteiger partial charge in [-0.2, -0.15) is 0 Å². The highest BCUT2D eigenvalue weighted by Crippen LogP contribution is 2.18. The number of carboxylic acid groups (broad SMARTS) is 1. The van der Waals surface area contributed by atoms with E-state index >= 15 is 0 Å². The van der Waals surface area contributed by atoms with Crippen molar-refractivity contribution in [1.29, 1.82) is 0 Å². The summed E-state index contributed by atoms with van der Waals surface area (Å²) in [4.78, 5) is 14.7. The first kappa shape index (κ1) is 7.93. The summed E-state index contributed by atoms with van der Waals surface area (Å²) in [6.07, 6.45) is 0. The Kier molecular flexibility index (Phi) is 2.24. The molecule has 1 rings (SSSR count). The standard InChI is InChI=1S/C5H4INO2S/c1-2-3(4(8)9)10-5(6)7-2/h1H3,(H,8,9). The molecule has 0 saturated heterocycles. The lowest BCUT2D eigenvalue weighted by molar-refractivity contribution is 0.0701. The quantitative estimate of drug-likeness (QED) is 0.790. The zero-order valence-corrected chi connectivity index (χ0v) is 8.06. The summed E-state index contributed by atoms with van der Waals surface area (Å²) >= 11 is 3.20. The number of rotatable bonds is 1. The van der Waals surface area contributed by atoms with Crippen molar-refractivity contribution < 1.29 is 9.90 Å². The number of thiazole rings is 1. The number of nitrogens with zero attached hydrogens (tertiary/aromatic N) is 1. The fraction of sp³-hybridized carbons (Fsp3) is 0.200. The van der Waals surface area contributed by atoms with Crippen molar-refractivity contribution in [3.63, 3.8) is 0 Å². The van der Waals surface area contributed by atoms with Crippen LogP contribution in [-0.4, -0.2) is 16.1 Å². The van der Waals surface area contributed by atoms with Gasteiger partial charge in [0.2, 0.25) is 0 Å². The van der Waals surface area contributed by atoms with E-state index in [0.717, 1.165) is 3.01 Å². The average Bonchev–Trinajstić information content (AvgIpc) is 2.10. The van der Waals surface area contributed by atoms with Crippen LogP contribution in [0.25, 0.3) is 0 Å². The first-order valence-electron chi connectivity index (χ1n) is 2.47. The predicted molar refractivity (Wildman–Crippen MR) is 46.5 cm³/mol. The van der Waals surface area contributed by atoms with E-state index in [9.17, 15) is 4.79 Å². The summed E-state index contributed by atoms with van der Waals surface area (Å²) in [7, 11) is 0. The molecular formula is C5H4INO2S. The lowest BCUT2D eigenvalue weighted by Crippen LogP contribution is -1.94. The van der Waals surface area contributed by atoms with E-state index in [4.69, 9.17) is 5.11 Å². The topological polar surface area (TPSA) is 50.2 Å². The van der Waals surface area contributed by atoms with Gasteiger partial charge in [0.05, 0.1) is 5.69 Å². The van der Waals surface area contributed by atoms with Gasteiger partial charge in [-0.05, 0) is 29.5 Å². The summed E-state index contributed by atoms with van der Waals surface area (Å²) in [5.41, 5.74) is 0.599. The fourth-order valence-electron chi connectivity index (χ4n) is 0.562. The number of hydrogen-bond donors (Lipinski definition) is 1. The number of hydrogen-bond acceptors (Lipinski definition) is 3. The maximum Gasteiger partial charge on any atom is 0.347 e. The molecule has 0 unspecified atom stereocenters. The van der Waals surface area contributed by atoms with Crippen LogP contribution in [0, 0.1) is 9.94 Å². The highest BCUT2D eigenvalue weighted by atomic mass is 127. The summed E-state index contributed by atoms with van der Waals surface area (Å²) < 4.78 is 0.771. The molecule has 0 aliphatic heterocycles. The van der Waals surface area contributed by atoms with Crippen LogP contribution in [0.4, 0.5) is 0 Å². The molecule has 3 nitrogen and oxygen atoms in total. The van der Waals surface area contributed by atoms with Crippen molar-refractivity contribution in [1.82, 2.24) is 4.98 Å². The smallest absolute Gasteiger partial charge is 0.347 e. The molecule has 0 spiro atoms. The van der Waals surface area contributed by atoms with Crippen molar-refractivity contribution in [3.05, 3.63) is 13.6 Å². The normalized spacial score (nSPS) is 9.80. The van der Waals surface area contributed by atoms with Crippen LogP contribution in [-0.2, 0) is 0 Å². The monoisotopic (exact) mass is 269 g/mol. The Bertz CT molecular complexity index is 271. The third-order valence-electron chi connectivity index (χ3n) is 0.965. The SMILES string of the molecule is Cc1nc(I)sc1C(=O)O. The summed E-state index contributed by atoms with van der Waals surface area (Å²) in [6, 6.07) is 0. The highest BCUT2D eigenvalue weighted by molar-refractivity contribution is 14.1. The average molecular weight is 269 g/mol. The molecule has 0 fully saturated rings. The molecule has 1 heterocycles. The van der Waals surface area contributed by atoms with Crippen LogP contribution < -0.4 is 0 Å². The molecule has 0 aliphatic rings. The van der Waals surface area contributed by atoms with Crippen molar-refractivity contribution in [2.45, 2.75) is 6.92 Å². The van der Waals surface area contributed by atoms with Crippen molar-refractivity contribution in [3.8, 4) is 0 Å². The zero-order valence-electron chi connectivity index (χ0n) is 5.09. The lowest BCUT2D eigenvalue weighted by atomic mass is 10.4. The number of halogens is 1. The Morgan fingerprint density at radius 3 is 2.60 bits per heavy atom. The molecule has 10 heavy (non-hydrogen) atoms. The van der Waals surface area contributed by atoms with Gasteiger partial charge in [-0.3, -0.25) is 0 Å². The number of carbonyl (C=O) groups is 1. The van der Waals surface area contributed by atoms with E-state index < -0.39 is 5.97 Å². The van der Waals surface area contributed by atoms with Gasteiger partial charge in [0.1, 0.15) is 4.88 Å². The Morgan fingerprint density at radius 2 is 2.40 bits per heavy atom. The molecule has 5 heteroatoms. The number of aromatic carboxylic acids is 1. The summed E-state index contributed by atoms with van der Waals surface area (Å²) in [5.74, 6) is -0.891.